The van der Waals surface area contributed by atoms with Crippen molar-refractivity contribution in [1.29, 1.82) is 0 Å². The molecule has 0 heterocycles. The Kier molecular flexibility index (Phi) is 6.68. The Hall–Kier alpha value is -3.64. The number of ether oxygens (including phenoxy) is 1. The van der Waals surface area contributed by atoms with Gasteiger partial charge in [-0.1, -0.05) is 18.2 Å². The number of para-hydroxylation sites is 1. The van der Waals surface area contributed by atoms with Crippen LogP contribution in [-0.4, -0.2) is 37.0 Å². The lowest BCUT2D eigenvalue weighted by Gasteiger charge is -2.23. The number of benzene rings is 2. The van der Waals surface area contributed by atoms with E-state index in [2.05, 4.69) is 5.32 Å². The van der Waals surface area contributed by atoms with Gasteiger partial charge in [-0.05, 0) is 31.2 Å². The maximum Gasteiger partial charge on any atom is 0.293 e. The summed E-state index contributed by atoms with van der Waals surface area (Å²) >= 11 is 0. The second-order valence-electron chi connectivity index (χ2n) is 5.42. The van der Waals surface area contributed by atoms with Crippen molar-refractivity contribution in [3.05, 3.63) is 70.0 Å². The molecule has 2 aromatic carbocycles. The van der Waals surface area contributed by atoms with E-state index in [0.29, 0.717) is 11.4 Å². The zero-order chi connectivity index (χ0) is 19.8. The van der Waals surface area contributed by atoms with Gasteiger partial charge >= 0.3 is 0 Å². The molecule has 2 rings (SSSR count). The van der Waals surface area contributed by atoms with Crippen LogP contribution in [0.3, 0.4) is 0 Å². The van der Waals surface area contributed by atoms with Crippen molar-refractivity contribution >= 4 is 28.9 Å². The Morgan fingerprint density at radius 1 is 1.26 bits per heavy atom. The molecule has 140 valence electrons. The summed E-state index contributed by atoms with van der Waals surface area (Å²) in [5.41, 5.74) is 0.722. The van der Waals surface area contributed by atoms with Gasteiger partial charge in [0, 0.05) is 24.4 Å². The van der Waals surface area contributed by atoms with Gasteiger partial charge in [0.2, 0.25) is 0 Å². The third kappa shape index (κ3) is 4.71. The van der Waals surface area contributed by atoms with E-state index in [1.54, 1.807) is 50.2 Å². The maximum absolute atomic E-state index is 13.1. The number of carbonyl (C=O) groups is 1. The van der Waals surface area contributed by atoms with Crippen LogP contribution in [0.2, 0.25) is 0 Å². The SMILES string of the molecule is CCOC(=C=O)CN(C(=O)c1ccc(NC)c([N+](=O)[O-])c1)c1ccccc1. The Bertz CT molecular complexity index is 876. The number of hydrogen-bond acceptors (Lipinski definition) is 6. The van der Waals surface area contributed by atoms with Gasteiger partial charge in [0.05, 0.1) is 18.1 Å². The highest BCUT2D eigenvalue weighted by molar-refractivity contribution is 6.07. The van der Waals surface area contributed by atoms with Crippen LogP contribution in [0.25, 0.3) is 0 Å². The molecule has 1 amide bonds. The minimum Gasteiger partial charge on any atom is -0.485 e. The van der Waals surface area contributed by atoms with Gasteiger partial charge in [0.15, 0.2) is 11.7 Å². The number of hydrogen-bond donors (Lipinski definition) is 1. The normalized spacial score (nSPS) is 9.85. The summed E-state index contributed by atoms with van der Waals surface area (Å²) in [7, 11) is 1.56. The average molecular weight is 369 g/mol. The van der Waals surface area contributed by atoms with Crippen LogP contribution in [0, 0.1) is 10.1 Å². The van der Waals surface area contributed by atoms with E-state index in [9.17, 15) is 19.7 Å². The lowest BCUT2D eigenvalue weighted by Crippen LogP contribution is -2.33. The molecule has 0 aromatic heterocycles. The first kappa shape index (κ1) is 19.7. The van der Waals surface area contributed by atoms with Gasteiger partial charge < -0.3 is 10.1 Å². The molecule has 1 N–H and O–H groups in total. The quantitative estimate of drug-likeness (QED) is 0.332. The molecule has 2 aromatic rings. The fourth-order valence-corrected chi connectivity index (χ4v) is 2.50. The number of carbonyl (C=O) groups excluding carboxylic acids is 2. The van der Waals surface area contributed by atoms with Crippen LogP contribution < -0.4 is 10.2 Å². The van der Waals surface area contributed by atoms with Gasteiger partial charge in [-0.25, -0.2) is 4.79 Å². The maximum atomic E-state index is 13.1. The smallest absolute Gasteiger partial charge is 0.293 e. The molecule has 8 nitrogen and oxygen atoms in total. The van der Waals surface area contributed by atoms with Crippen molar-refractivity contribution in [2.45, 2.75) is 6.92 Å². The highest BCUT2D eigenvalue weighted by Crippen LogP contribution is 2.27. The molecule has 0 saturated carbocycles. The first-order chi connectivity index (χ1) is 13.0. The summed E-state index contributed by atoms with van der Waals surface area (Å²) in [6.07, 6.45) is 0. The molecule has 0 radical (unpaired) electrons. The number of nitrogens with one attached hydrogen (secondary N) is 1. The second-order valence-corrected chi connectivity index (χ2v) is 5.42. The minimum atomic E-state index is -0.563. The van der Waals surface area contributed by atoms with Gasteiger partial charge in [0.1, 0.15) is 5.69 Å². The Labute approximate surface area is 156 Å². The summed E-state index contributed by atoms with van der Waals surface area (Å²) in [4.78, 5) is 36.2. The molecular weight excluding hydrogens is 350 g/mol. The number of anilines is 2. The fourth-order valence-electron chi connectivity index (χ4n) is 2.50. The summed E-state index contributed by atoms with van der Waals surface area (Å²) in [6.45, 7) is 1.83. The second kappa shape index (κ2) is 9.17. The van der Waals surface area contributed by atoms with Crippen molar-refractivity contribution in [2.24, 2.45) is 0 Å². The first-order valence-electron chi connectivity index (χ1n) is 8.21. The lowest BCUT2D eigenvalue weighted by atomic mass is 10.1. The molecule has 0 fully saturated rings. The summed E-state index contributed by atoms with van der Waals surface area (Å²) in [5, 5.41) is 14.0. The highest BCUT2D eigenvalue weighted by Gasteiger charge is 2.23. The topological polar surface area (TPSA) is 102 Å². The van der Waals surface area contributed by atoms with E-state index in [4.69, 9.17) is 4.74 Å². The predicted molar refractivity (Wildman–Crippen MR) is 102 cm³/mol. The third-order valence-electron chi connectivity index (χ3n) is 3.76. The average Bonchev–Trinajstić information content (AvgIpc) is 2.70. The summed E-state index contributed by atoms with van der Waals surface area (Å²) < 4.78 is 5.21. The zero-order valence-electron chi connectivity index (χ0n) is 15.0. The van der Waals surface area contributed by atoms with Crippen LogP contribution in [0.4, 0.5) is 17.1 Å². The molecule has 0 aliphatic carbocycles. The van der Waals surface area contributed by atoms with Crippen LogP contribution in [0.5, 0.6) is 0 Å². The molecule has 27 heavy (non-hydrogen) atoms. The number of rotatable bonds is 8. The van der Waals surface area contributed by atoms with Crippen LogP contribution in [0.1, 0.15) is 17.3 Å². The molecule has 0 saturated heterocycles. The molecule has 0 aliphatic heterocycles. The van der Waals surface area contributed by atoms with E-state index in [1.165, 1.54) is 23.1 Å². The minimum absolute atomic E-state index is 0.0314. The van der Waals surface area contributed by atoms with Crippen molar-refractivity contribution in [2.75, 3.05) is 30.4 Å². The monoisotopic (exact) mass is 369 g/mol. The van der Waals surface area contributed by atoms with E-state index in [0.717, 1.165) is 0 Å². The van der Waals surface area contributed by atoms with Gasteiger partial charge in [0.25, 0.3) is 11.6 Å². The molecular formula is C19H19N3O5. The Morgan fingerprint density at radius 2 is 1.96 bits per heavy atom. The standard InChI is InChI=1S/C19H19N3O5/c1-3-27-16(13-23)12-21(15-7-5-4-6-8-15)19(24)14-9-10-17(20-2)18(11-14)22(25)26/h4-11,20H,3,12H2,1-2H3. The van der Waals surface area contributed by atoms with Gasteiger partial charge in [-0.2, -0.15) is 0 Å². The number of nitro benzene ring substituents is 1. The zero-order valence-corrected chi connectivity index (χ0v) is 15.0. The fraction of sp³-hybridized carbons (Fsp3) is 0.211. The molecule has 0 atom stereocenters. The largest absolute Gasteiger partial charge is 0.485 e. The van der Waals surface area contributed by atoms with E-state index >= 15 is 0 Å². The van der Waals surface area contributed by atoms with Gasteiger partial charge in [-0.15, -0.1) is 0 Å². The number of amides is 1. The molecule has 0 aliphatic rings. The summed E-state index contributed by atoms with van der Waals surface area (Å²) in [5.74, 6) is 1.16. The highest BCUT2D eigenvalue weighted by atomic mass is 16.6. The van der Waals surface area contributed by atoms with E-state index in [-0.39, 0.29) is 30.2 Å². The Balaban J connectivity index is 2.46. The van der Waals surface area contributed by atoms with Crippen LogP contribution in [0.15, 0.2) is 54.3 Å². The van der Waals surface area contributed by atoms with E-state index in [1.807, 2.05) is 0 Å². The molecule has 0 unspecified atom stereocenters. The van der Waals surface area contributed by atoms with Crippen LogP contribution in [-0.2, 0) is 9.53 Å². The molecule has 0 spiro atoms. The van der Waals surface area contributed by atoms with Crippen molar-refractivity contribution in [1.82, 2.24) is 0 Å². The van der Waals surface area contributed by atoms with Crippen molar-refractivity contribution < 1.29 is 19.2 Å². The van der Waals surface area contributed by atoms with Crippen molar-refractivity contribution in [3.63, 3.8) is 0 Å². The number of nitrogens with zero attached hydrogens (tertiary/aromatic N) is 2. The molecule has 0 bridgehead atoms. The Morgan fingerprint density at radius 3 is 2.52 bits per heavy atom. The number of nitro groups is 1. The van der Waals surface area contributed by atoms with Crippen molar-refractivity contribution in [3.8, 4) is 0 Å². The van der Waals surface area contributed by atoms with Crippen LogP contribution >= 0.6 is 0 Å². The lowest BCUT2D eigenvalue weighted by molar-refractivity contribution is -0.384. The first-order valence-corrected chi connectivity index (χ1v) is 8.21. The third-order valence-corrected chi connectivity index (χ3v) is 3.76. The van der Waals surface area contributed by atoms with E-state index < -0.39 is 10.8 Å². The van der Waals surface area contributed by atoms with Gasteiger partial charge in [-0.3, -0.25) is 19.8 Å². The summed E-state index contributed by atoms with van der Waals surface area (Å²) in [6, 6.07) is 12.8. The predicted octanol–water partition coefficient (Wildman–Crippen LogP) is 3.04. The molecule has 8 heteroatoms.